The molecule has 0 saturated heterocycles. The third-order valence-electron chi connectivity index (χ3n) is 3.20. The van der Waals surface area contributed by atoms with E-state index in [1.54, 1.807) is 25.1 Å². The topological polar surface area (TPSA) is 72.2 Å². The van der Waals surface area contributed by atoms with Crippen molar-refractivity contribution in [3.05, 3.63) is 51.5 Å². The van der Waals surface area contributed by atoms with Crippen molar-refractivity contribution >= 4 is 37.3 Å². The maximum atomic E-state index is 12.6. The van der Waals surface area contributed by atoms with Crippen molar-refractivity contribution in [2.75, 3.05) is 10.5 Å². The van der Waals surface area contributed by atoms with E-state index in [0.717, 1.165) is 11.1 Å². The van der Waals surface area contributed by atoms with E-state index in [1.807, 2.05) is 26.0 Å². The molecule has 2 rings (SSSR count). The number of nitrogens with one attached hydrogen (secondary N) is 1. The molecule has 0 radical (unpaired) electrons. The summed E-state index contributed by atoms with van der Waals surface area (Å²) in [5.41, 5.74) is 9.17. The van der Waals surface area contributed by atoms with Crippen LogP contribution in [-0.2, 0) is 10.0 Å². The van der Waals surface area contributed by atoms with Crippen LogP contribution in [0.25, 0.3) is 0 Å². The van der Waals surface area contributed by atoms with Crippen LogP contribution in [0.4, 0.5) is 11.4 Å². The smallest absolute Gasteiger partial charge is 0.262 e. The van der Waals surface area contributed by atoms with Gasteiger partial charge in [-0.15, -0.1) is 0 Å². The van der Waals surface area contributed by atoms with Gasteiger partial charge in [-0.05, 0) is 77.7 Å². The zero-order valence-corrected chi connectivity index (χ0v) is 14.5. The van der Waals surface area contributed by atoms with Crippen LogP contribution in [-0.4, -0.2) is 8.42 Å². The molecule has 0 amide bonds. The van der Waals surface area contributed by atoms with E-state index in [1.165, 1.54) is 0 Å². The first-order valence-electron chi connectivity index (χ1n) is 6.36. The van der Waals surface area contributed by atoms with Gasteiger partial charge in [-0.2, -0.15) is 0 Å². The Labute approximate surface area is 133 Å². The Balaban J connectivity index is 2.51. The van der Waals surface area contributed by atoms with Crippen molar-refractivity contribution in [1.82, 2.24) is 0 Å². The van der Waals surface area contributed by atoms with Crippen molar-refractivity contribution in [2.45, 2.75) is 25.7 Å². The highest BCUT2D eigenvalue weighted by molar-refractivity contribution is 9.10. The van der Waals surface area contributed by atoms with Gasteiger partial charge in [0.05, 0.1) is 10.6 Å². The van der Waals surface area contributed by atoms with E-state index in [2.05, 4.69) is 20.7 Å². The van der Waals surface area contributed by atoms with Crippen molar-refractivity contribution in [3.63, 3.8) is 0 Å². The van der Waals surface area contributed by atoms with E-state index < -0.39 is 10.0 Å². The largest absolute Gasteiger partial charge is 0.398 e. The van der Waals surface area contributed by atoms with E-state index >= 15 is 0 Å². The van der Waals surface area contributed by atoms with Crippen LogP contribution in [0.5, 0.6) is 0 Å². The summed E-state index contributed by atoms with van der Waals surface area (Å²) in [6.07, 6.45) is 0. The second-order valence-electron chi connectivity index (χ2n) is 5.07. The maximum absolute atomic E-state index is 12.6. The van der Waals surface area contributed by atoms with Crippen LogP contribution in [0, 0.1) is 20.8 Å². The molecule has 0 saturated carbocycles. The van der Waals surface area contributed by atoms with Gasteiger partial charge in [0.2, 0.25) is 0 Å². The molecule has 0 fully saturated rings. The lowest BCUT2D eigenvalue weighted by Crippen LogP contribution is -2.15. The first-order valence-corrected chi connectivity index (χ1v) is 8.64. The van der Waals surface area contributed by atoms with Crippen molar-refractivity contribution < 1.29 is 8.42 Å². The van der Waals surface area contributed by atoms with E-state index in [4.69, 9.17) is 5.73 Å². The average molecular weight is 369 g/mol. The van der Waals surface area contributed by atoms with Crippen LogP contribution >= 0.6 is 15.9 Å². The maximum Gasteiger partial charge on any atom is 0.262 e. The minimum Gasteiger partial charge on any atom is -0.398 e. The Morgan fingerprint density at radius 2 is 1.71 bits per heavy atom. The van der Waals surface area contributed by atoms with Crippen LogP contribution in [0.15, 0.2) is 39.7 Å². The number of hydrogen-bond acceptors (Lipinski definition) is 3. The highest BCUT2D eigenvalue weighted by Gasteiger charge is 2.20. The number of sulfonamides is 1. The summed E-state index contributed by atoms with van der Waals surface area (Å²) in [5.74, 6) is 0. The third kappa shape index (κ3) is 3.39. The van der Waals surface area contributed by atoms with E-state index in [-0.39, 0.29) is 4.90 Å². The fourth-order valence-electron chi connectivity index (χ4n) is 2.05. The van der Waals surface area contributed by atoms with Gasteiger partial charge < -0.3 is 5.73 Å². The molecule has 4 nitrogen and oxygen atoms in total. The van der Waals surface area contributed by atoms with Gasteiger partial charge in [0.25, 0.3) is 10.0 Å². The lowest BCUT2D eigenvalue weighted by molar-refractivity contribution is 0.600. The highest BCUT2D eigenvalue weighted by Crippen LogP contribution is 2.29. The summed E-state index contributed by atoms with van der Waals surface area (Å²) in [6.45, 7) is 5.42. The fourth-order valence-corrected chi connectivity index (χ4v) is 3.96. The fraction of sp³-hybridized carbons (Fsp3) is 0.200. The Hall–Kier alpha value is -1.53. The molecule has 0 aliphatic carbocycles. The standard InChI is InChI=1S/C15H17BrN2O2S/c1-9-4-5-12(16)14(7-9)18-21(19,20)15-8-10(2)6-13(17)11(15)3/h4-8,18H,17H2,1-3H3. The van der Waals surface area contributed by atoms with E-state index in [0.29, 0.717) is 21.4 Å². The number of benzene rings is 2. The van der Waals surface area contributed by atoms with Crippen LogP contribution in [0.3, 0.4) is 0 Å². The highest BCUT2D eigenvalue weighted by atomic mass is 79.9. The molecule has 0 spiro atoms. The predicted octanol–water partition coefficient (Wildman–Crippen LogP) is 3.76. The monoisotopic (exact) mass is 368 g/mol. The van der Waals surface area contributed by atoms with Gasteiger partial charge in [-0.3, -0.25) is 4.72 Å². The Morgan fingerprint density at radius 3 is 2.38 bits per heavy atom. The summed E-state index contributed by atoms with van der Waals surface area (Å²) in [5, 5.41) is 0. The van der Waals surface area contributed by atoms with Crippen LogP contribution in [0.2, 0.25) is 0 Å². The number of halogens is 1. The summed E-state index contributed by atoms with van der Waals surface area (Å²) in [7, 11) is -3.69. The molecular weight excluding hydrogens is 352 g/mol. The molecule has 21 heavy (non-hydrogen) atoms. The van der Waals surface area contributed by atoms with Crippen LogP contribution in [0.1, 0.15) is 16.7 Å². The quantitative estimate of drug-likeness (QED) is 0.810. The molecule has 0 unspecified atom stereocenters. The second-order valence-corrected chi connectivity index (χ2v) is 7.57. The lowest BCUT2D eigenvalue weighted by Gasteiger charge is -2.14. The number of anilines is 2. The number of aryl methyl sites for hydroxylation is 2. The molecule has 112 valence electrons. The summed E-state index contributed by atoms with van der Waals surface area (Å²) < 4.78 is 28.5. The summed E-state index contributed by atoms with van der Waals surface area (Å²) >= 11 is 3.35. The molecule has 0 aliphatic heterocycles. The zero-order chi connectivity index (χ0) is 15.8. The van der Waals surface area contributed by atoms with Crippen LogP contribution < -0.4 is 10.5 Å². The molecule has 2 aromatic carbocycles. The Morgan fingerprint density at radius 1 is 1.05 bits per heavy atom. The minimum atomic E-state index is -3.69. The Kier molecular flexibility index (Phi) is 4.30. The molecule has 3 N–H and O–H groups in total. The van der Waals surface area contributed by atoms with Gasteiger partial charge >= 0.3 is 0 Å². The molecule has 2 aromatic rings. The molecular formula is C15H17BrN2O2S. The molecule has 0 atom stereocenters. The number of nitrogen functional groups attached to an aromatic ring is 1. The third-order valence-corrected chi connectivity index (χ3v) is 5.38. The Bertz CT molecular complexity index is 802. The molecule has 0 aliphatic rings. The second kappa shape index (κ2) is 5.69. The van der Waals surface area contributed by atoms with Gasteiger partial charge in [-0.1, -0.05) is 6.07 Å². The molecule has 0 aromatic heterocycles. The summed E-state index contributed by atoms with van der Waals surface area (Å²) in [4.78, 5) is 0.202. The summed E-state index contributed by atoms with van der Waals surface area (Å²) in [6, 6.07) is 8.87. The number of rotatable bonds is 3. The number of nitrogens with two attached hydrogens (primary N) is 1. The van der Waals surface area contributed by atoms with E-state index in [9.17, 15) is 8.42 Å². The van der Waals surface area contributed by atoms with Gasteiger partial charge in [0, 0.05) is 10.2 Å². The molecule has 6 heteroatoms. The molecule has 0 bridgehead atoms. The lowest BCUT2D eigenvalue weighted by atomic mass is 10.1. The van der Waals surface area contributed by atoms with Gasteiger partial charge in [-0.25, -0.2) is 8.42 Å². The zero-order valence-electron chi connectivity index (χ0n) is 12.1. The number of hydrogen-bond donors (Lipinski definition) is 2. The normalized spacial score (nSPS) is 11.4. The molecule has 0 heterocycles. The first kappa shape index (κ1) is 15.9. The van der Waals surface area contributed by atoms with Gasteiger partial charge in [0.1, 0.15) is 0 Å². The van der Waals surface area contributed by atoms with Gasteiger partial charge in [0.15, 0.2) is 0 Å². The average Bonchev–Trinajstić information content (AvgIpc) is 2.37. The SMILES string of the molecule is Cc1ccc(Br)c(NS(=O)(=O)c2cc(C)cc(N)c2C)c1. The van der Waals surface area contributed by atoms with Crippen molar-refractivity contribution in [1.29, 1.82) is 0 Å². The predicted molar refractivity (Wildman–Crippen MR) is 90.0 cm³/mol. The minimum absolute atomic E-state index is 0.202. The van der Waals surface area contributed by atoms with Crippen molar-refractivity contribution in [2.24, 2.45) is 0 Å². The van der Waals surface area contributed by atoms with Crippen molar-refractivity contribution in [3.8, 4) is 0 Å². The first-order chi connectivity index (χ1) is 9.70.